The van der Waals surface area contributed by atoms with Gasteiger partial charge in [-0.3, -0.25) is 4.79 Å². The number of carbonyl (C=O) groups is 1. The van der Waals surface area contributed by atoms with Crippen LogP contribution in [0.4, 0.5) is 0 Å². The van der Waals surface area contributed by atoms with Crippen LogP contribution in [0.25, 0.3) is 39.0 Å². The van der Waals surface area contributed by atoms with Gasteiger partial charge in [-0.2, -0.15) is 0 Å². The second-order valence-electron chi connectivity index (χ2n) is 15.6. The van der Waals surface area contributed by atoms with Gasteiger partial charge in [-0.05, 0) is 115 Å². The van der Waals surface area contributed by atoms with E-state index in [4.69, 9.17) is 0 Å². The summed E-state index contributed by atoms with van der Waals surface area (Å²) in [5, 5.41) is 0. The Labute approximate surface area is 278 Å². The molecule has 5 aromatic carbocycles. The van der Waals surface area contributed by atoms with Gasteiger partial charge >= 0.3 is 0 Å². The minimum Gasteiger partial charge on any atom is -0.289 e. The lowest BCUT2D eigenvalue weighted by molar-refractivity contribution is 0.103. The zero-order chi connectivity index (χ0) is 32.5. The van der Waals surface area contributed by atoms with Crippen LogP contribution in [0.3, 0.4) is 0 Å². The lowest BCUT2D eigenvalue weighted by atomic mass is 9.67. The molecule has 0 aliphatic heterocycles. The third-order valence-corrected chi connectivity index (χ3v) is 12.0. The second kappa shape index (κ2) is 9.41. The molecule has 0 unspecified atom stereocenters. The highest BCUT2D eigenvalue weighted by atomic mass is 16.1. The SMILES string of the molecule is CC1(C)C2=C(CCC=C2)c2cc(-c3ccc4c(c3)C(C)(C)c3cc(-c5ccc6c(c5)-c5ccccc5C6(C)C)ccc3C4=O)ccc21. The minimum absolute atomic E-state index is 0.0160. The van der Waals surface area contributed by atoms with E-state index in [-0.39, 0.29) is 22.0 Å². The van der Waals surface area contributed by atoms with Crippen LogP contribution in [0.1, 0.15) is 104 Å². The summed E-state index contributed by atoms with van der Waals surface area (Å²) in [6, 6.07) is 35.7. The predicted octanol–water partition coefficient (Wildman–Crippen LogP) is 11.6. The standard InChI is InChI=1S/C46H40O/c1-44(2)37-13-9-7-11-31(37)35-23-27(17-21-39(35)44)29-15-19-33-41(25-29)46(5,6)42-26-30(16-20-34(42)43(33)47)28-18-22-40-36(24-28)32-12-8-10-14-38(32)45(40,3)4/h7,9-11,13-26H,8,12H2,1-6H3. The van der Waals surface area contributed by atoms with Crippen molar-refractivity contribution in [2.45, 2.75) is 70.6 Å². The molecule has 0 N–H and O–H groups in total. The predicted molar refractivity (Wildman–Crippen MR) is 195 cm³/mol. The summed E-state index contributed by atoms with van der Waals surface area (Å²) < 4.78 is 0. The van der Waals surface area contributed by atoms with E-state index >= 15 is 0 Å². The molecular formula is C46H40O. The number of allylic oxidation sites excluding steroid dienone is 4. The first-order valence-corrected chi connectivity index (χ1v) is 17.1. The van der Waals surface area contributed by atoms with Gasteiger partial charge in [0.15, 0.2) is 5.78 Å². The van der Waals surface area contributed by atoms with Gasteiger partial charge in [0.25, 0.3) is 0 Å². The highest BCUT2D eigenvalue weighted by Crippen LogP contribution is 2.52. The summed E-state index contributed by atoms with van der Waals surface area (Å²) in [5.41, 5.74) is 19.5. The van der Waals surface area contributed by atoms with E-state index < -0.39 is 0 Å². The van der Waals surface area contributed by atoms with Crippen LogP contribution in [0.15, 0.2) is 115 Å². The smallest absolute Gasteiger partial charge is 0.193 e. The lowest BCUT2D eigenvalue weighted by Gasteiger charge is -2.35. The Kier molecular flexibility index (Phi) is 5.70. The van der Waals surface area contributed by atoms with Crippen LogP contribution in [-0.4, -0.2) is 5.78 Å². The van der Waals surface area contributed by atoms with Crippen LogP contribution >= 0.6 is 0 Å². The van der Waals surface area contributed by atoms with Gasteiger partial charge in [0.2, 0.25) is 0 Å². The highest BCUT2D eigenvalue weighted by Gasteiger charge is 2.40. The van der Waals surface area contributed by atoms with Crippen LogP contribution in [0.5, 0.6) is 0 Å². The van der Waals surface area contributed by atoms with E-state index in [2.05, 4.69) is 151 Å². The Morgan fingerprint density at radius 1 is 0.468 bits per heavy atom. The fourth-order valence-electron chi connectivity index (χ4n) is 9.26. The van der Waals surface area contributed by atoms with E-state index in [0.29, 0.717) is 0 Å². The molecule has 0 atom stereocenters. The van der Waals surface area contributed by atoms with Crippen LogP contribution < -0.4 is 0 Å². The van der Waals surface area contributed by atoms with Crippen LogP contribution in [0, 0.1) is 0 Å². The molecule has 0 amide bonds. The first-order chi connectivity index (χ1) is 22.5. The van der Waals surface area contributed by atoms with Crippen molar-refractivity contribution in [1.29, 1.82) is 0 Å². The van der Waals surface area contributed by atoms with E-state index in [0.717, 1.165) is 40.7 Å². The summed E-state index contributed by atoms with van der Waals surface area (Å²) in [4.78, 5) is 14.0. The molecule has 47 heavy (non-hydrogen) atoms. The zero-order valence-corrected chi connectivity index (χ0v) is 28.2. The second-order valence-corrected chi connectivity index (χ2v) is 15.6. The fourth-order valence-corrected chi connectivity index (χ4v) is 9.26. The molecular weight excluding hydrogens is 569 g/mol. The average molecular weight is 609 g/mol. The normalized spacial score (nSPS) is 18.6. The Balaban J connectivity index is 1.13. The van der Waals surface area contributed by atoms with Crippen LogP contribution in [-0.2, 0) is 16.2 Å². The number of rotatable bonds is 2. The molecule has 0 fully saturated rings. The summed E-state index contributed by atoms with van der Waals surface area (Å²) in [7, 11) is 0. The van der Waals surface area contributed by atoms with Gasteiger partial charge in [-0.15, -0.1) is 0 Å². The van der Waals surface area contributed by atoms with Crippen molar-refractivity contribution in [3.63, 3.8) is 0 Å². The fraction of sp³-hybridized carbons (Fsp3) is 0.239. The maximum absolute atomic E-state index is 14.0. The molecule has 0 aromatic heterocycles. The molecule has 4 aliphatic rings. The van der Waals surface area contributed by atoms with E-state index in [9.17, 15) is 4.79 Å². The number of hydrogen-bond acceptors (Lipinski definition) is 1. The Morgan fingerprint density at radius 2 is 0.979 bits per heavy atom. The van der Waals surface area contributed by atoms with Crippen molar-refractivity contribution < 1.29 is 4.79 Å². The van der Waals surface area contributed by atoms with E-state index in [1.807, 2.05) is 0 Å². The summed E-state index contributed by atoms with van der Waals surface area (Å²) in [6.07, 6.45) is 6.87. The Hall–Kier alpha value is -4.75. The molecule has 5 aromatic rings. The van der Waals surface area contributed by atoms with Crippen molar-refractivity contribution in [3.05, 3.63) is 159 Å². The first kappa shape index (κ1) is 28.5. The van der Waals surface area contributed by atoms with Crippen molar-refractivity contribution in [1.82, 2.24) is 0 Å². The molecule has 230 valence electrons. The molecule has 4 aliphatic carbocycles. The summed E-state index contributed by atoms with van der Waals surface area (Å²) in [5.74, 6) is 0.122. The van der Waals surface area contributed by atoms with Gasteiger partial charge in [-0.25, -0.2) is 0 Å². The maximum atomic E-state index is 14.0. The quantitative estimate of drug-likeness (QED) is 0.195. The third kappa shape index (κ3) is 3.80. The maximum Gasteiger partial charge on any atom is 0.193 e. The van der Waals surface area contributed by atoms with E-state index in [1.165, 1.54) is 61.2 Å². The topological polar surface area (TPSA) is 17.1 Å². The largest absolute Gasteiger partial charge is 0.289 e. The molecule has 0 radical (unpaired) electrons. The van der Waals surface area contributed by atoms with Crippen molar-refractivity contribution >= 4 is 11.4 Å². The molecule has 1 heteroatoms. The third-order valence-electron chi connectivity index (χ3n) is 12.0. The van der Waals surface area contributed by atoms with E-state index in [1.54, 1.807) is 0 Å². The van der Waals surface area contributed by atoms with Gasteiger partial charge < -0.3 is 0 Å². The number of fused-ring (bicyclic) bond motifs is 7. The van der Waals surface area contributed by atoms with Gasteiger partial charge in [0.05, 0.1) is 0 Å². The van der Waals surface area contributed by atoms with Gasteiger partial charge in [0.1, 0.15) is 0 Å². The molecule has 0 bridgehead atoms. The molecule has 9 rings (SSSR count). The molecule has 0 heterocycles. The van der Waals surface area contributed by atoms with Crippen molar-refractivity contribution in [3.8, 4) is 33.4 Å². The average Bonchev–Trinajstić information content (AvgIpc) is 3.46. The number of ketones is 1. The number of benzene rings is 5. The van der Waals surface area contributed by atoms with Gasteiger partial charge in [0, 0.05) is 27.4 Å². The zero-order valence-electron chi connectivity index (χ0n) is 28.2. The van der Waals surface area contributed by atoms with Gasteiger partial charge in [-0.1, -0.05) is 126 Å². The molecule has 1 nitrogen and oxygen atoms in total. The summed E-state index contributed by atoms with van der Waals surface area (Å²) in [6.45, 7) is 13.9. The number of hydrogen-bond donors (Lipinski definition) is 0. The first-order valence-electron chi connectivity index (χ1n) is 17.1. The monoisotopic (exact) mass is 608 g/mol. The van der Waals surface area contributed by atoms with Crippen LogP contribution in [0.2, 0.25) is 0 Å². The number of carbonyl (C=O) groups excluding carboxylic acids is 1. The molecule has 0 spiro atoms. The summed E-state index contributed by atoms with van der Waals surface area (Å²) >= 11 is 0. The highest BCUT2D eigenvalue weighted by molar-refractivity contribution is 6.13. The van der Waals surface area contributed by atoms with Crippen molar-refractivity contribution in [2.75, 3.05) is 0 Å². The Morgan fingerprint density at radius 3 is 1.64 bits per heavy atom. The molecule has 0 saturated carbocycles. The lowest BCUT2D eigenvalue weighted by Crippen LogP contribution is -2.30. The molecule has 0 saturated heterocycles. The minimum atomic E-state index is -0.335. The van der Waals surface area contributed by atoms with Crippen molar-refractivity contribution in [2.24, 2.45) is 0 Å². The Bertz CT molecular complexity index is 2280.